The van der Waals surface area contributed by atoms with Crippen LogP contribution in [0, 0.1) is 6.92 Å². The fraction of sp³-hybridized carbons (Fsp3) is 0.161. The van der Waals surface area contributed by atoms with Crippen molar-refractivity contribution in [2.75, 3.05) is 6.54 Å². The monoisotopic (exact) mass is 459 g/mol. The van der Waals surface area contributed by atoms with Gasteiger partial charge in [0.2, 0.25) is 5.91 Å². The maximum Gasteiger partial charge on any atom is 0.224 e. The zero-order chi connectivity index (χ0) is 24.0. The van der Waals surface area contributed by atoms with E-state index in [0.717, 1.165) is 34.5 Å². The highest BCUT2D eigenvalue weighted by Gasteiger charge is 2.12. The van der Waals surface area contributed by atoms with Crippen LogP contribution in [0.25, 0.3) is 22.2 Å². The molecule has 0 saturated heterocycles. The Kier molecular flexibility index (Phi) is 6.71. The molecule has 5 rings (SSSR count). The van der Waals surface area contributed by atoms with Crippen molar-refractivity contribution < 1.29 is 4.79 Å². The molecule has 1 aromatic heterocycles. The first kappa shape index (κ1) is 22.6. The van der Waals surface area contributed by atoms with Gasteiger partial charge in [0, 0.05) is 19.5 Å². The number of hydrogen-bond donors (Lipinski definition) is 1. The van der Waals surface area contributed by atoms with Crippen LogP contribution in [0.1, 0.15) is 22.5 Å². The highest BCUT2D eigenvalue weighted by atomic mass is 16.1. The summed E-state index contributed by atoms with van der Waals surface area (Å²) in [5, 5.41) is 3.08. The Balaban J connectivity index is 1.23. The molecule has 1 N–H and O–H groups in total. The second-order valence-corrected chi connectivity index (χ2v) is 8.87. The molecule has 0 unspecified atom stereocenters. The SMILES string of the molecule is Cc1ccccc1Cn1c(CCNC(=O)Cc2ccc(-c3ccccc3)cc2)nc2ccccc21. The average molecular weight is 460 g/mol. The van der Waals surface area contributed by atoms with Crippen molar-refractivity contribution in [1.29, 1.82) is 0 Å². The number of nitrogens with zero attached hydrogens (tertiary/aromatic N) is 2. The quantitative estimate of drug-likeness (QED) is 0.311. The molecule has 0 radical (unpaired) electrons. The lowest BCUT2D eigenvalue weighted by Crippen LogP contribution is -2.28. The van der Waals surface area contributed by atoms with Gasteiger partial charge in [0.15, 0.2) is 0 Å². The van der Waals surface area contributed by atoms with Gasteiger partial charge < -0.3 is 9.88 Å². The summed E-state index contributed by atoms with van der Waals surface area (Å²) in [5.41, 5.74) is 7.99. The first-order valence-corrected chi connectivity index (χ1v) is 12.1. The molecule has 0 aliphatic carbocycles. The normalized spacial score (nSPS) is 11.0. The molecule has 0 saturated carbocycles. The summed E-state index contributed by atoms with van der Waals surface area (Å²) in [6.45, 7) is 3.46. The molecule has 4 nitrogen and oxygen atoms in total. The number of nitrogens with one attached hydrogen (secondary N) is 1. The number of carbonyl (C=O) groups is 1. The number of aryl methyl sites for hydroxylation is 1. The van der Waals surface area contributed by atoms with E-state index in [-0.39, 0.29) is 5.91 Å². The third-order valence-corrected chi connectivity index (χ3v) is 6.42. The van der Waals surface area contributed by atoms with Gasteiger partial charge in [-0.1, -0.05) is 91.0 Å². The number of amides is 1. The number of rotatable bonds is 8. The Morgan fingerprint density at radius 3 is 2.29 bits per heavy atom. The van der Waals surface area contributed by atoms with E-state index in [4.69, 9.17) is 4.98 Å². The van der Waals surface area contributed by atoms with E-state index in [1.807, 2.05) is 48.5 Å². The first-order valence-electron chi connectivity index (χ1n) is 12.1. The molecule has 35 heavy (non-hydrogen) atoms. The van der Waals surface area contributed by atoms with Gasteiger partial charge in [-0.25, -0.2) is 4.98 Å². The minimum absolute atomic E-state index is 0.0269. The van der Waals surface area contributed by atoms with Crippen molar-refractivity contribution in [3.05, 3.63) is 126 Å². The third-order valence-electron chi connectivity index (χ3n) is 6.42. The van der Waals surface area contributed by atoms with Gasteiger partial charge >= 0.3 is 0 Å². The van der Waals surface area contributed by atoms with Crippen molar-refractivity contribution in [2.45, 2.75) is 26.3 Å². The van der Waals surface area contributed by atoms with Gasteiger partial charge in [-0.2, -0.15) is 0 Å². The Morgan fingerprint density at radius 1 is 0.800 bits per heavy atom. The minimum atomic E-state index is 0.0269. The lowest BCUT2D eigenvalue weighted by atomic mass is 10.0. The summed E-state index contributed by atoms with van der Waals surface area (Å²) in [6.07, 6.45) is 1.05. The fourth-order valence-corrected chi connectivity index (χ4v) is 4.46. The standard InChI is InChI=1S/C31H29N3O/c1-23-9-5-6-12-27(23)22-34-29-14-8-7-13-28(29)33-30(34)19-20-32-31(35)21-24-15-17-26(18-16-24)25-10-3-2-4-11-25/h2-18H,19-22H2,1H3,(H,32,35). The van der Waals surface area contributed by atoms with Gasteiger partial charge in [-0.05, 0) is 46.9 Å². The zero-order valence-electron chi connectivity index (χ0n) is 19.9. The molecular weight excluding hydrogens is 430 g/mol. The molecule has 174 valence electrons. The molecule has 4 heteroatoms. The maximum atomic E-state index is 12.6. The number of para-hydroxylation sites is 2. The second-order valence-electron chi connectivity index (χ2n) is 8.87. The summed E-state index contributed by atoms with van der Waals surface area (Å²) in [4.78, 5) is 17.5. The van der Waals surface area contributed by atoms with Crippen molar-refractivity contribution in [3.63, 3.8) is 0 Å². The minimum Gasteiger partial charge on any atom is -0.355 e. The maximum absolute atomic E-state index is 12.6. The summed E-state index contributed by atoms with van der Waals surface area (Å²) in [5.74, 6) is 1.01. The number of aromatic nitrogens is 2. The number of benzene rings is 4. The van der Waals surface area contributed by atoms with E-state index in [0.29, 0.717) is 19.4 Å². The van der Waals surface area contributed by atoms with Crippen LogP contribution in [0.3, 0.4) is 0 Å². The molecule has 0 atom stereocenters. The molecule has 0 bridgehead atoms. The second kappa shape index (κ2) is 10.4. The molecule has 1 amide bonds. The van der Waals surface area contributed by atoms with E-state index in [1.54, 1.807) is 0 Å². The molecule has 0 spiro atoms. The topological polar surface area (TPSA) is 46.9 Å². The van der Waals surface area contributed by atoms with Crippen molar-refractivity contribution in [3.8, 4) is 11.1 Å². The van der Waals surface area contributed by atoms with Crippen LogP contribution in [0.15, 0.2) is 103 Å². The van der Waals surface area contributed by atoms with Gasteiger partial charge in [0.1, 0.15) is 5.82 Å². The zero-order valence-corrected chi connectivity index (χ0v) is 19.9. The van der Waals surface area contributed by atoms with E-state index in [9.17, 15) is 4.79 Å². The van der Waals surface area contributed by atoms with Gasteiger partial charge in [0.05, 0.1) is 17.5 Å². The Morgan fingerprint density at radius 2 is 1.49 bits per heavy atom. The highest BCUT2D eigenvalue weighted by molar-refractivity contribution is 5.79. The van der Waals surface area contributed by atoms with E-state index < -0.39 is 0 Å². The lowest BCUT2D eigenvalue weighted by Gasteiger charge is -2.12. The molecule has 5 aromatic rings. The molecule has 0 aliphatic heterocycles. The van der Waals surface area contributed by atoms with Crippen molar-refractivity contribution >= 4 is 16.9 Å². The molecule has 1 heterocycles. The Labute approximate surface area is 206 Å². The number of fused-ring (bicyclic) bond motifs is 1. The van der Waals surface area contributed by atoms with Crippen molar-refractivity contribution in [1.82, 2.24) is 14.9 Å². The predicted octanol–water partition coefficient (Wildman–Crippen LogP) is 5.96. The third kappa shape index (κ3) is 5.33. The smallest absolute Gasteiger partial charge is 0.224 e. The number of carbonyl (C=O) groups excluding carboxylic acids is 1. The fourth-order valence-electron chi connectivity index (χ4n) is 4.46. The van der Waals surface area contributed by atoms with Crippen LogP contribution in [-0.2, 0) is 24.2 Å². The largest absolute Gasteiger partial charge is 0.355 e. The molecule has 0 aliphatic rings. The molecule has 4 aromatic carbocycles. The highest BCUT2D eigenvalue weighted by Crippen LogP contribution is 2.21. The van der Waals surface area contributed by atoms with Crippen LogP contribution in [0.4, 0.5) is 0 Å². The molecule has 0 fully saturated rings. The van der Waals surface area contributed by atoms with Gasteiger partial charge in [0.25, 0.3) is 0 Å². The van der Waals surface area contributed by atoms with Gasteiger partial charge in [-0.3, -0.25) is 4.79 Å². The van der Waals surface area contributed by atoms with E-state index in [2.05, 4.69) is 71.4 Å². The van der Waals surface area contributed by atoms with Crippen molar-refractivity contribution in [2.24, 2.45) is 0 Å². The average Bonchev–Trinajstić information content (AvgIpc) is 3.23. The summed E-state index contributed by atoms with van der Waals surface area (Å²) in [7, 11) is 0. The van der Waals surface area contributed by atoms with E-state index >= 15 is 0 Å². The summed E-state index contributed by atoms with van der Waals surface area (Å²) < 4.78 is 2.27. The van der Waals surface area contributed by atoms with Crippen LogP contribution in [0.5, 0.6) is 0 Å². The van der Waals surface area contributed by atoms with Crippen LogP contribution in [-0.4, -0.2) is 22.0 Å². The van der Waals surface area contributed by atoms with Crippen LogP contribution in [0.2, 0.25) is 0 Å². The summed E-state index contributed by atoms with van der Waals surface area (Å²) >= 11 is 0. The van der Waals surface area contributed by atoms with Crippen LogP contribution >= 0.6 is 0 Å². The first-order chi connectivity index (χ1) is 17.2. The van der Waals surface area contributed by atoms with E-state index in [1.165, 1.54) is 16.7 Å². The number of hydrogen-bond acceptors (Lipinski definition) is 2. The Hall–Kier alpha value is -4.18. The van der Waals surface area contributed by atoms with Gasteiger partial charge in [-0.15, -0.1) is 0 Å². The molecular formula is C31H29N3O. The number of imidazole rings is 1. The lowest BCUT2D eigenvalue weighted by molar-refractivity contribution is -0.120. The van der Waals surface area contributed by atoms with Crippen LogP contribution < -0.4 is 5.32 Å². The Bertz CT molecular complexity index is 1440. The predicted molar refractivity (Wildman–Crippen MR) is 142 cm³/mol. The summed E-state index contributed by atoms with van der Waals surface area (Å²) in [6, 6.07) is 35.1.